The number of nitrogens with zero attached hydrogens (tertiary/aromatic N) is 2. The van der Waals surface area contributed by atoms with E-state index in [0.717, 1.165) is 73.5 Å². The second kappa shape index (κ2) is 21.6. The number of benzene rings is 2. The minimum atomic E-state index is -1.46. The van der Waals surface area contributed by atoms with E-state index in [1.807, 2.05) is 18.2 Å². The molecule has 2 heterocycles. The summed E-state index contributed by atoms with van der Waals surface area (Å²) in [5, 5.41) is 72.9. The SMILES string of the molecule is NC1=N[C@H](/C(=C\C(=O)O)[C@@H](C[C@H]2CCc3cc4ccc(CC=O)cc4cc3[C@@H]2CCC[C@@H](N)CC[C@H](C=O)CCC(O)O)[N-]c2ccc[nH]2)C[C@H]([C@H](O)[C@H](O)C2(O)CCCC2)N1. The van der Waals surface area contributed by atoms with Gasteiger partial charge in [0.2, 0.25) is 0 Å². The van der Waals surface area contributed by atoms with Crippen LogP contribution in [0, 0.1) is 11.8 Å². The topological polar surface area (TPSA) is 279 Å². The van der Waals surface area contributed by atoms with Crippen molar-refractivity contribution >= 4 is 41.1 Å². The van der Waals surface area contributed by atoms with E-state index in [4.69, 9.17) is 16.8 Å². The first-order chi connectivity index (χ1) is 29.8. The molecule has 0 radical (unpaired) electrons. The van der Waals surface area contributed by atoms with Gasteiger partial charge in [-0.3, -0.25) is 0 Å². The van der Waals surface area contributed by atoms with Gasteiger partial charge in [0, 0.05) is 24.5 Å². The molecule has 12 N–H and O–H groups in total. The van der Waals surface area contributed by atoms with E-state index in [1.54, 1.807) is 6.20 Å². The van der Waals surface area contributed by atoms with Crippen LogP contribution < -0.4 is 16.8 Å². The molecule has 0 spiro atoms. The summed E-state index contributed by atoms with van der Waals surface area (Å²) in [5.74, 6) is -0.879. The Bertz CT molecular complexity index is 2020. The number of aliphatic imine (C=N–C) groups is 1. The number of nitrogens with one attached hydrogen (secondary N) is 2. The zero-order valence-corrected chi connectivity index (χ0v) is 35.4. The standard InChI is InChI=1S/C47H65N6O9/c48-34(14-9-29(27-55)10-15-42(56)57)5-3-6-35-32(13-12-31-22-30-11-8-28(16-20-54)21-33(30)23-36(31)35)24-38(51-41-7-4-19-50-41)37(25-43(58)59)39-26-40(53-46(49)52-39)44(60)45(61)47(62)17-1-2-18-47/h4,7-8,11,19-23,25,27,29,32,34-35,38-40,42,44-45,50,56-57,60-62H,1-3,5-6,9-10,12-18,24,26,48H2,(H,58,59)(H3,49,52,53)/q-1/b37-25-/t29-,32+,34+,35+,38+,39-,40+,44-,45-/m0/s1. The van der Waals surface area contributed by atoms with Crippen LogP contribution in [0.5, 0.6) is 0 Å². The fourth-order valence-corrected chi connectivity index (χ4v) is 10.2. The number of carbonyl (C=O) groups is 3. The number of hydrogen-bond acceptors (Lipinski definition) is 12. The maximum absolute atomic E-state index is 12.7. The largest absolute Gasteiger partial charge is 0.478 e. The number of aliphatic hydroxyl groups excluding tert-OH is 3. The lowest BCUT2D eigenvalue weighted by Crippen LogP contribution is -2.59. The minimum absolute atomic E-state index is 0.0158. The van der Waals surface area contributed by atoms with Crippen molar-refractivity contribution < 1.29 is 45.0 Å². The molecule has 1 aromatic heterocycles. The number of H-pyrrole nitrogens is 1. The van der Waals surface area contributed by atoms with E-state index < -0.39 is 48.2 Å². The number of hydrogen-bond donors (Lipinski definition) is 10. The van der Waals surface area contributed by atoms with Crippen molar-refractivity contribution in [2.75, 3.05) is 0 Å². The second-order valence-corrected chi connectivity index (χ2v) is 17.9. The molecule has 3 aliphatic rings. The average molecular weight is 858 g/mol. The van der Waals surface area contributed by atoms with E-state index in [9.17, 15) is 45.0 Å². The maximum Gasteiger partial charge on any atom is 0.328 e. The van der Waals surface area contributed by atoms with Gasteiger partial charge in [-0.2, -0.15) is 0 Å². The molecule has 6 rings (SSSR count). The molecule has 0 bridgehead atoms. The zero-order chi connectivity index (χ0) is 44.4. The molecule has 2 aliphatic carbocycles. The Morgan fingerprint density at radius 2 is 1.77 bits per heavy atom. The molecule has 9 atom stereocenters. The third kappa shape index (κ3) is 12.1. The number of guanidine groups is 1. The number of aliphatic hydroxyl groups is 5. The van der Waals surface area contributed by atoms with Gasteiger partial charge in [0.15, 0.2) is 12.2 Å². The van der Waals surface area contributed by atoms with Gasteiger partial charge in [-0.1, -0.05) is 73.7 Å². The van der Waals surface area contributed by atoms with Crippen LogP contribution in [0.3, 0.4) is 0 Å². The highest BCUT2D eigenvalue weighted by molar-refractivity contribution is 5.86. The number of carbonyl (C=O) groups excluding carboxylic acids is 2. The molecular formula is C47H65N6O9-. The van der Waals surface area contributed by atoms with Crippen molar-refractivity contribution in [3.05, 3.63) is 82.3 Å². The molecule has 0 amide bonds. The quantitative estimate of drug-likeness (QED) is 0.0364. The first-order valence-electron chi connectivity index (χ1n) is 22.3. The van der Waals surface area contributed by atoms with Gasteiger partial charge < -0.3 is 67.3 Å². The molecule has 15 nitrogen and oxygen atoms in total. The summed E-state index contributed by atoms with van der Waals surface area (Å²) in [6, 6.07) is 11.7. The lowest BCUT2D eigenvalue weighted by Gasteiger charge is -2.42. The Balaban J connectivity index is 1.29. The monoisotopic (exact) mass is 857 g/mol. The lowest BCUT2D eigenvalue weighted by molar-refractivity contribution is -0.131. The number of aromatic nitrogens is 1. The van der Waals surface area contributed by atoms with Gasteiger partial charge >= 0.3 is 5.97 Å². The summed E-state index contributed by atoms with van der Waals surface area (Å²) in [4.78, 5) is 43.6. The normalized spacial score (nSPS) is 23.7. The second-order valence-electron chi connectivity index (χ2n) is 17.9. The van der Waals surface area contributed by atoms with Gasteiger partial charge in [-0.05, 0) is 128 Å². The number of aldehydes is 2. The van der Waals surface area contributed by atoms with Crippen LogP contribution in [0.2, 0.25) is 0 Å². The molecule has 15 heteroatoms. The molecule has 1 aliphatic heterocycles. The first-order valence-corrected chi connectivity index (χ1v) is 22.3. The van der Waals surface area contributed by atoms with Crippen molar-refractivity contribution in [2.24, 2.45) is 28.3 Å². The van der Waals surface area contributed by atoms with E-state index >= 15 is 0 Å². The summed E-state index contributed by atoms with van der Waals surface area (Å²) in [6.45, 7) is 0. The number of fused-ring (bicyclic) bond motifs is 2. The smallest absolute Gasteiger partial charge is 0.328 e. The molecule has 62 heavy (non-hydrogen) atoms. The molecular weight excluding hydrogens is 793 g/mol. The number of aryl methyl sites for hydroxylation is 1. The van der Waals surface area contributed by atoms with E-state index in [-0.39, 0.29) is 42.6 Å². The van der Waals surface area contributed by atoms with Crippen LogP contribution in [0.15, 0.2) is 65.3 Å². The predicted molar refractivity (Wildman–Crippen MR) is 237 cm³/mol. The van der Waals surface area contributed by atoms with Crippen LogP contribution in [0.25, 0.3) is 16.1 Å². The highest BCUT2D eigenvalue weighted by Crippen LogP contribution is 2.46. The van der Waals surface area contributed by atoms with Crippen molar-refractivity contribution in [2.45, 2.75) is 157 Å². The van der Waals surface area contributed by atoms with Crippen LogP contribution in [0.1, 0.15) is 112 Å². The summed E-state index contributed by atoms with van der Waals surface area (Å²) in [7, 11) is 0. The van der Waals surface area contributed by atoms with Gasteiger partial charge in [0.05, 0.1) is 17.7 Å². The molecule has 0 unspecified atom stereocenters. The van der Waals surface area contributed by atoms with Crippen molar-refractivity contribution in [3.63, 3.8) is 0 Å². The molecule has 1 fully saturated rings. The van der Waals surface area contributed by atoms with Crippen molar-refractivity contribution in [1.82, 2.24) is 10.3 Å². The number of aromatic amines is 1. The van der Waals surface area contributed by atoms with E-state index in [0.29, 0.717) is 62.8 Å². The summed E-state index contributed by atoms with van der Waals surface area (Å²) in [6.07, 6.45) is 8.93. The zero-order valence-electron chi connectivity index (χ0n) is 35.4. The molecule has 1 saturated carbocycles. The van der Waals surface area contributed by atoms with Gasteiger partial charge in [-0.25, -0.2) is 9.79 Å². The van der Waals surface area contributed by atoms with Crippen molar-refractivity contribution in [3.8, 4) is 0 Å². The third-order valence-corrected chi connectivity index (χ3v) is 13.5. The molecule has 2 aromatic carbocycles. The fourth-order valence-electron chi connectivity index (χ4n) is 10.2. The van der Waals surface area contributed by atoms with Gasteiger partial charge in [-0.15, -0.1) is 0 Å². The molecule has 3 aromatic rings. The van der Waals surface area contributed by atoms with Gasteiger partial charge in [0.25, 0.3) is 0 Å². The van der Waals surface area contributed by atoms with Crippen LogP contribution in [0.4, 0.5) is 5.82 Å². The van der Waals surface area contributed by atoms with Gasteiger partial charge in [0.1, 0.15) is 24.8 Å². The minimum Gasteiger partial charge on any atom is -0.478 e. The predicted octanol–water partition coefficient (Wildman–Crippen LogP) is 4.29. The Morgan fingerprint density at radius 3 is 2.47 bits per heavy atom. The lowest BCUT2D eigenvalue weighted by atomic mass is 9.69. The van der Waals surface area contributed by atoms with Crippen LogP contribution in [-0.2, 0) is 27.2 Å². The number of rotatable bonds is 23. The Labute approximate surface area is 363 Å². The van der Waals surface area contributed by atoms with Crippen LogP contribution in [-0.4, -0.2) is 108 Å². The Kier molecular flexibility index (Phi) is 16.3. The van der Waals surface area contributed by atoms with E-state index in [2.05, 4.69) is 39.6 Å². The average Bonchev–Trinajstić information content (AvgIpc) is 3.94. The Morgan fingerprint density at radius 1 is 1.00 bits per heavy atom. The van der Waals surface area contributed by atoms with Crippen molar-refractivity contribution in [1.29, 1.82) is 0 Å². The van der Waals surface area contributed by atoms with E-state index in [1.165, 1.54) is 11.1 Å². The molecule has 338 valence electrons. The number of carboxylic acids is 1. The number of aliphatic carboxylic acids is 1. The number of carboxylic acid groups (broad SMARTS) is 1. The highest BCUT2D eigenvalue weighted by Gasteiger charge is 2.46. The summed E-state index contributed by atoms with van der Waals surface area (Å²) >= 11 is 0. The maximum atomic E-state index is 12.7. The highest BCUT2D eigenvalue weighted by atomic mass is 16.5. The fraction of sp³-hybridized carbons (Fsp3) is 0.574. The first kappa shape index (κ1) is 46.9. The molecule has 0 saturated heterocycles. The summed E-state index contributed by atoms with van der Waals surface area (Å²) < 4.78 is 0. The Hall–Kier alpha value is -4.64. The van der Waals surface area contributed by atoms with Crippen LogP contribution >= 0.6 is 0 Å². The summed E-state index contributed by atoms with van der Waals surface area (Å²) in [5.41, 5.74) is 15.3. The number of nitrogens with two attached hydrogens (primary N) is 2. The third-order valence-electron chi connectivity index (χ3n) is 13.5.